The smallest absolute Gasteiger partial charge is 0.349 e. The Morgan fingerprint density at radius 2 is 1.48 bits per heavy atom. The monoisotopic (exact) mass is 360 g/mol. The molecule has 3 aromatic rings. The molecule has 0 spiro atoms. The van der Waals surface area contributed by atoms with E-state index in [1.165, 1.54) is 5.56 Å². The Hall–Kier alpha value is -3.07. The molecule has 0 radical (unpaired) electrons. The normalized spacial score (nSPS) is 10.7. The lowest BCUT2D eigenvalue weighted by molar-refractivity contribution is -0.136. The van der Waals surface area contributed by atoms with Crippen LogP contribution >= 0.6 is 0 Å². The molecule has 3 nitrogen and oxygen atoms in total. The minimum atomic E-state index is -0.423. The Kier molecular flexibility index (Phi) is 5.92. The summed E-state index contributed by atoms with van der Waals surface area (Å²) in [5, 5.41) is 0. The number of carbonyl (C=O) groups excluding carboxylic acids is 1. The van der Waals surface area contributed by atoms with Crippen molar-refractivity contribution < 1.29 is 14.3 Å². The summed E-state index contributed by atoms with van der Waals surface area (Å²) < 4.78 is 10.9. The van der Waals surface area contributed by atoms with Crippen molar-refractivity contribution in [3.8, 4) is 22.6 Å². The minimum absolute atomic E-state index is 0.124. The van der Waals surface area contributed by atoms with Gasteiger partial charge in [0.15, 0.2) is 6.61 Å². The van der Waals surface area contributed by atoms with E-state index in [2.05, 4.69) is 20.8 Å². The Morgan fingerprint density at radius 1 is 0.852 bits per heavy atom. The van der Waals surface area contributed by atoms with Crippen molar-refractivity contribution in [1.82, 2.24) is 0 Å². The van der Waals surface area contributed by atoms with Crippen LogP contribution in [-0.2, 0) is 4.79 Å². The first kappa shape index (κ1) is 18.7. The zero-order valence-electron chi connectivity index (χ0n) is 15.9. The quantitative estimate of drug-likeness (QED) is 0.413. The van der Waals surface area contributed by atoms with E-state index in [1.54, 1.807) is 12.1 Å². The maximum absolute atomic E-state index is 12.1. The zero-order chi connectivity index (χ0) is 19.2. The summed E-state index contributed by atoms with van der Waals surface area (Å²) in [7, 11) is 0. The highest BCUT2D eigenvalue weighted by atomic mass is 16.6. The SMILES string of the molecule is Cc1cc(OCC(=O)Oc2ccc(-c3ccccc3)cc2)ccc1C(C)C. The summed E-state index contributed by atoms with van der Waals surface area (Å²) in [6.07, 6.45) is 0. The highest BCUT2D eigenvalue weighted by molar-refractivity contribution is 5.74. The topological polar surface area (TPSA) is 35.5 Å². The molecule has 3 aromatic carbocycles. The number of carbonyl (C=O) groups is 1. The molecule has 0 N–H and O–H groups in total. The molecule has 0 atom stereocenters. The van der Waals surface area contributed by atoms with Crippen LogP contribution in [0.4, 0.5) is 0 Å². The summed E-state index contributed by atoms with van der Waals surface area (Å²) in [4.78, 5) is 12.1. The van der Waals surface area contributed by atoms with E-state index in [0.29, 0.717) is 17.4 Å². The van der Waals surface area contributed by atoms with E-state index >= 15 is 0 Å². The average molecular weight is 360 g/mol. The molecule has 0 aliphatic rings. The molecule has 0 aliphatic carbocycles. The summed E-state index contributed by atoms with van der Waals surface area (Å²) in [5.74, 6) is 1.22. The highest BCUT2D eigenvalue weighted by Gasteiger charge is 2.09. The van der Waals surface area contributed by atoms with Gasteiger partial charge in [0.1, 0.15) is 11.5 Å². The van der Waals surface area contributed by atoms with Gasteiger partial charge in [-0.2, -0.15) is 0 Å². The number of hydrogen-bond acceptors (Lipinski definition) is 3. The number of benzene rings is 3. The lowest BCUT2D eigenvalue weighted by Crippen LogP contribution is -2.17. The molecule has 0 saturated heterocycles. The second-order valence-corrected chi connectivity index (χ2v) is 6.83. The largest absolute Gasteiger partial charge is 0.482 e. The Morgan fingerprint density at radius 3 is 2.11 bits per heavy atom. The molecule has 3 heteroatoms. The first-order chi connectivity index (χ1) is 13.0. The van der Waals surface area contributed by atoms with Crippen molar-refractivity contribution in [2.45, 2.75) is 26.7 Å². The summed E-state index contributed by atoms with van der Waals surface area (Å²) >= 11 is 0. The fraction of sp³-hybridized carbons (Fsp3) is 0.208. The number of rotatable bonds is 6. The third kappa shape index (κ3) is 4.98. The van der Waals surface area contributed by atoms with Gasteiger partial charge in [-0.25, -0.2) is 4.79 Å². The van der Waals surface area contributed by atoms with E-state index in [0.717, 1.165) is 16.7 Å². The van der Waals surface area contributed by atoms with Gasteiger partial charge >= 0.3 is 5.97 Å². The number of ether oxygens (including phenoxy) is 2. The van der Waals surface area contributed by atoms with Crippen LogP contribution in [-0.4, -0.2) is 12.6 Å². The molecule has 0 aliphatic heterocycles. The van der Waals surface area contributed by atoms with Gasteiger partial charge in [-0.05, 0) is 59.4 Å². The fourth-order valence-electron chi connectivity index (χ4n) is 3.03. The van der Waals surface area contributed by atoms with E-state index in [4.69, 9.17) is 9.47 Å². The van der Waals surface area contributed by atoms with Crippen LogP contribution in [0.25, 0.3) is 11.1 Å². The average Bonchev–Trinajstić information content (AvgIpc) is 2.67. The molecule has 0 unspecified atom stereocenters. The maximum Gasteiger partial charge on any atom is 0.349 e. The van der Waals surface area contributed by atoms with Gasteiger partial charge in [0.25, 0.3) is 0 Å². The van der Waals surface area contributed by atoms with Gasteiger partial charge in [0.2, 0.25) is 0 Å². The van der Waals surface area contributed by atoms with Crippen LogP contribution in [0.15, 0.2) is 72.8 Å². The third-order valence-electron chi connectivity index (χ3n) is 4.41. The first-order valence-electron chi connectivity index (χ1n) is 9.12. The predicted octanol–water partition coefficient (Wildman–Crippen LogP) is 5.77. The van der Waals surface area contributed by atoms with E-state index in [1.807, 2.05) is 60.7 Å². The fourth-order valence-corrected chi connectivity index (χ4v) is 3.03. The molecule has 0 heterocycles. The first-order valence-corrected chi connectivity index (χ1v) is 9.12. The van der Waals surface area contributed by atoms with Crippen molar-refractivity contribution in [3.63, 3.8) is 0 Å². The Balaban J connectivity index is 1.56. The van der Waals surface area contributed by atoms with Crippen molar-refractivity contribution in [2.75, 3.05) is 6.61 Å². The van der Waals surface area contributed by atoms with Crippen LogP contribution in [0.2, 0.25) is 0 Å². The predicted molar refractivity (Wildman–Crippen MR) is 108 cm³/mol. The molecular formula is C24H24O3. The van der Waals surface area contributed by atoms with Gasteiger partial charge in [-0.15, -0.1) is 0 Å². The van der Waals surface area contributed by atoms with E-state index in [-0.39, 0.29) is 6.61 Å². The number of aryl methyl sites for hydroxylation is 1. The van der Waals surface area contributed by atoms with Crippen molar-refractivity contribution >= 4 is 5.97 Å². The standard InChI is InChI=1S/C24H24O3/c1-17(2)23-14-13-22(15-18(23)3)26-16-24(25)27-21-11-9-20(10-12-21)19-7-5-4-6-8-19/h4-15,17H,16H2,1-3H3. The van der Waals surface area contributed by atoms with E-state index < -0.39 is 5.97 Å². The lowest BCUT2D eigenvalue weighted by atomic mass is 9.98. The van der Waals surface area contributed by atoms with Crippen molar-refractivity contribution in [1.29, 1.82) is 0 Å². The number of hydrogen-bond donors (Lipinski definition) is 0. The van der Waals surface area contributed by atoms with Crippen LogP contribution in [0.1, 0.15) is 30.9 Å². The third-order valence-corrected chi connectivity index (χ3v) is 4.41. The second-order valence-electron chi connectivity index (χ2n) is 6.83. The molecule has 0 fully saturated rings. The lowest BCUT2D eigenvalue weighted by Gasteiger charge is -2.12. The molecule has 138 valence electrons. The summed E-state index contributed by atoms with van der Waals surface area (Å²) in [6.45, 7) is 6.24. The van der Waals surface area contributed by atoms with Crippen molar-refractivity contribution in [2.24, 2.45) is 0 Å². The van der Waals surface area contributed by atoms with E-state index in [9.17, 15) is 4.79 Å². The Bertz CT molecular complexity index is 897. The zero-order valence-corrected chi connectivity index (χ0v) is 15.9. The highest BCUT2D eigenvalue weighted by Crippen LogP contribution is 2.24. The molecule has 0 amide bonds. The van der Waals surface area contributed by atoms with Gasteiger partial charge in [-0.1, -0.05) is 62.4 Å². The second kappa shape index (κ2) is 8.54. The maximum atomic E-state index is 12.1. The number of esters is 1. The van der Waals surface area contributed by atoms with Gasteiger partial charge in [-0.3, -0.25) is 0 Å². The van der Waals surface area contributed by atoms with Crippen LogP contribution in [0.5, 0.6) is 11.5 Å². The van der Waals surface area contributed by atoms with Gasteiger partial charge in [0.05, 0.1) is 0 Å². The minimum Gasteiger partial charge on any atom is -0.482 e. The van der Waals surface area contributed by atoms with Crippen LogP contribution < -0.4 is 9.47 Å². The molecule has 0 aromatic heterocycles. The van der Waals surface area contributed by atoms with Gasteiger partial charge in [0, 0.05) is 0 Å². The summed E-state index contributed by atoms with van der Waals surface area (Å²) in [5.41, 5.74) is 4.64. The summed E-state index contributed by atoms with van der Waals surface area (Å²) in [6, 6.07) is 23.4. The molecule has 0 bridgehead atoms. The van der Waals surface area contributed by atoms with Crippen LogP contribution in [0, 0.1) is 6.92 Å². The molecule has 27 heavy (non-hydrogen) atoms. The van der Waals surface area contributed by atoms with Crippen molar-refractivity contribution in [3.05, 3.63) is 83.9 Å². The molecule has 0 saturated carbocycles. The Labute approximate surface area is 160 Å². The molecule has 3 rings (SSSR count). The van der Waals surface area contributed by atoms with Crippen LogP contribution in [0.3, 0.4) is 0 Å². The molecular weight excluding hydrogens is 336 g/mol. The van der Waals surface area contributed by atoms with Gasteiger partial charge < -0.3 is 9.47 Å².